The van der Waals surface area contributed by atoms with Crippen molar-refractivity contribution in [3.63, 3.8) is 0 Å². The highest BCUT2D eigenvalue weighted by Crippen LogP contribution is 2.15. The maximum Gasteiger partial charge on any atom is 0.254 e. The van der Waals surface area contributed by atoms with E-state index in [9.17, 15) is 9.90 Å². The van der Waals surface area contributed by atoms with E-state index in [1.54, 1.807) is 12.1 Å². The molecule has 17 heavy (non-hydrogen) atoms. The molecule has 0 spiro atoms. The summed E-state index contributed by atoms with van der Waals surface area (Å²) in [7, 11) is 0. The lowest BCUT2D eigenvalue weighted by Crippen LogP contribution is -2.45. The zero-order valence-electron chi connectivity index (χ0n) is 9.93. The maximum atomic E-state index is 12.2. The second kappa shape index (κ2) is 5.19. The first-order valence-corrected chi connectivity index (χ1v) is 5.90. The van der Waals surface area contributed by atoms with Crippen LogP contribution in [-0.4, -0.2) is 41.7 Å². The Morgan fingerprint density at radius 3 is 2.82 bits per heavy atom. The molecule has 1 amide bonds. The monoisotopic (exact) mass is 235 g/mol. The average molecular weight is 235 g/mol. The summed E-state index contributed by atoms with van der Waals surface area (Å²) in [6.07, 6.45) is 1.06. The van der Waals surface area contributed by atoms with Crippen molar-refractivity contribution in [2.75, 3.05) is 19.7 Å². The van der Waals surface area contributed by atoms with Gasteiger partial charge in [0.2, 0.25) is 0 Å². The second-order valence-electron chi connectivity index (χ2n) is 4.20. The molecule has 0 aromatic heterocycles. The fourth-order valence-corrected chi connectivity index (χ4v) is 1.94. The van der Waals surface area contributed by atoms with E-state index in [-0.39, 0.29) is 17.8 Å². The fourth-order valence-electron chi connectivity index (χ4n) is 1.94. The van der Waals surface area contributed by atoms with Gasteiger partial charge >= 0.3 is 0 Å². The number of phenols is 1. The van der Waals surface area contributed by atoms with E-state index in [1.807, 2.05) is 4.90 Å². The van der Waals surface area contributed by atoms with Crippen LogP contribution in [0.1, 0.15) is 23.7 Å². The number of amides is 1. The van der Waals surface area contributed by atoms with Crippen LogP contribution in [0.4, 0.5) is 0 Å². The van der Waals surface area contributed by atoms with Crippen LogP contribution in [0.15, 0.2) is 24.3 Å². The number of benzene rings is 1. The van der Waals surface area contributed by atoms with Crippen molar-refractivity contribution in [2.45, 2.75) is 19.4 Å². The molecule has 1 aliphatic heterocycles. The Bertz CT molecular complexity index is 388. The number of aromatic hydroxyl groups is 1. The Hall–Kier alpha value is -1.55. The lowest BCUT2D eigenvalue weighted by Gasteiger charge is -2.32. The van der Waals surface area contributed by atoms with Crippen LogP contribution in [-0.2, 0) is 4.74 Å². The molecular weight excluding hydrogens is 218 g/mol. The number of nitrogens with zero attached hydrogens (tertiary/aromatic N) is 1. The van der Waals surface area contributed by atoms with Crippen molar-refractivity contribution in [1.29, 1.82) is 0 Å². The van der Waals surface area contributed by atoms with Gasteiger partial charge in [-0.05, 0) is 30.7 Å². The normalized spacial score (nSPS) is 20.3. The summed E-state index contributed by atoms with van der Waals surface area (Å²) in [5.41, 5.74) is 0.611. The van der Waals surface area contributed by atoms with Crippen molar-refractivity contribution >= 4 is 5.91 Å². The largest absolute Gasteiger partial charge is 0.508 e. The predicted octanol–water partition coefficient (Wildman–Crippen LogP) is 1.64. The standard InChI is InChI=1S/C13H17NO3/c1-2-12-9-14(7-8-17-12)13(16)10-3-5-11(15)6-4-10/h3-6,12,15H,2,7-9H2,1H3. The Morgan fingerprint density at radius 1 is 1.47 bits per heavy atom. The smallest absolute Gasteiger partial charge is 0.254 e. The number of hydrogen-bond donors (Lipinski definition) is 1. The molecular formula is C13H17NO3. The van der Waals surface area contributed by atoms with Crippen LogP contribution >= 0.6 is 0 Å². The molecule has 1 N–H and O–H groups in total. The van der Waals surface area contributed by atoms with E-state index < -0.39 is 0 Å². The lowest BCUT2D eigenvalue weighted by atomic mass is 10.1. The number of hydrogen-bond acceptors (Lipinski definition) is 3. The summed E-state index contributed by atoms with van der Waals surface area (Å²) in [5, 5.41) is 9.18. The highest BCUT2D eigenvalue weighted by molar-refractivity contribution is 5.94. The third kappa shape index (κ3) is 2.77. The predicted molar refractivity (Wildman–Crippen MR) is 64.0 cm³/mol. The lowest BCUT2D eigenvalue weighted by molar-refractivity contribution is -0.0226. The van der Waals surface area contributed by atoms with Crippen LogP contribution in [0.2, 0.25) is 0 Å². The number of carbonyl (C=O) groups is 1. The van der Waals surface area contributed by atoms with Crippen molar-refractivity contribution in [3.05, 3.63) is 29.8 Å². The van der Waals surface area contributed by atoms with Gasteiger partial charge in [-0.1, -0.05) is 6.92 Å². The van der Waals surface area contributed by atoms with E-state index in [1.165, 1.54) is 12.1 Å². The van der Waals surface area contributed by atoms with Gasteiger partial charge in [0.15, 0.2) is 0 Å². The van der Waals surface area contributed by atoms with Gasteiger partial charge in [-0.2, -0.15) is 0 Å². The summed E-state index contributed by atoms with van der Waals surface area (Å²) in [6.45, 7) is 3.94. The van der Waals surface area contributed by atoms with Gasteiger partial charge in [-0.15, -0.1) is 0 Å². The van der Waals surface area contributed by atoms with Gasteiger partial charge in [0.05, 0.1) is 12.7 Å². The van der Waals surface area contributed by atoms with E-state index >= 15 is 0 Å². The molecule has 1 saturated heterocycles. The molecule has 0 saturated carbocycles. The molecule has 2 rings (SSSR count). The summed E-state index contributed by atoms with van der Waals surface area (Å²) in [5.74, 6) is 0.182. The molecule has 1 aromatic rings. The van der Waals surface area contributed by atoms with E-state index in [2.05, 4.69) is 6.92 Å². The zero-order valence-corrected chi connectivity index (χ0v) is 9.93. The molecule has 1 aromatic carbocycles. The Morgan fingerprint density at radius 2 is 2.18 bits per heavy atom. The van der Waals surface area contributed by atoms with Gasteiger partial charge in [-0.25, -0.2) is 0 Å². The van der Waals surface area contributed by atoms with Crippen LogP contribution in [0.3, 0.4) is 0 Å². The molecule has 4 nitrogen and oxygen atoms in total. The summed E-state index contributed by atoms with van der Waals surface area (Å²) in [4.78, 5) is 14.0. The second-order valence-corrected chi connectivity index (χ2v) is 4.20. The molecule has 0 bridgehead atoms. The molecule has 1 unspecified atom stereocenters. The highest BCUT2D eigenvalue weighted by Gasteiger charge is 2.23. The summed E-state index contributed by atoms with van der Waals surface area (Å²) >= 11 is 0. The number of rotatable bonds is 2. The molecule has 92 valence electrons. The Balaban J connectivity index is 2.06. The molecule has 1 fully saturated rings. The first kappa shape index (κ1) is 11.9. The number of morpholine rings is 1. The van der Waals surface area contributed by atoms with Crippen LogP contribution in [0.5, 0.6) is 5.75 Å². The van der Waals surface area contributed by atoms with E-state index in [0.29, 0.717) is 25.3 Å². The minimum absolute atomic E-state index is 0.00625. The number of ether oxygens (including phenoxy) is 1. The van der Waals surface area contributed by atoms with Crippen molar-refractivity contribution < 1.29 is 14.6 Å². The fraction of sp³-hybridized carbons (Fsp3) is 0.462. The average Bonchev–Trinajstić information content (AvgIpc) is 2.39. The molecule has 4 heteroatoms. The van der Waals surface area contributed by atoms with Gasteiger partial charge < -0.3 is 14.7 Å². The minimum atomic E-state index is 0.00625. The van der Waals surface area contributed by atoms with Gasteiger partial charge in [-0.3, -0.25) is 4.79 Å². The van der Waals surface area contributed by atoms with Crippen molar-refractivity contribution in [2.24, 2.45) is 0 Å². The van der Waals surface area contributed by atoms with Gasteiger partial charge in [0.25, 0.3) is 5.91 Å². The molecule has 0 aliphatic carbocycles. The van der Waals surface area contributed by atoms with Gasteiger partial charge in [0, 0.05) is 18.7 Å². The Labute approximate surface area is 101 Å². The van der Waals surface area contributed by atoms with E-state index in [0.717, 1.165) is 6.42 Å². The molecule has 0 radical (unpaired) electrons. The maximum absolute atomic E-state index is 12.2. The van der Waals surface area contributed by atoms with E-state index in [4.69, 9.17) is 4.74 Å². The van der Waals surface area contributed by atoms with Gasteiger partial charge in [0.1, 0.15) is 5.75 Å². The molecule has 1 atom stereocenters. The van der Waals surface area contributed by atoms with Crippen LogP contribution in [0.25, 0.3) is 0 Å². The highest BCUT2D eigenvalue weighted by atomic mass is 16.5. The zero-order chi connectivity index (χ0) is 12.3. The summed E-state index contributed by atoms with van der Waals surface area (Å²) in [6, 6.07) is 6.36. The van der Waals surface area contributed by atoms with Crippen molar-refractivity contribution in [3.8, 4) is 5.75 Å². The molecule has 1 heterocycles. The first-order valence-electron chi connectivity index (χ1n) is 5.90. The topological polar surface area (TPSA) is 49.8 Å². The summed E-state index contributed by atoms with van der Waals surface area (Å²) < 4.78 is 5.53. The number of phenolic OH excluding ortho intramolecular Hbond substituents is 1. The SMILES string of the molecule is CCC1CN(C(=O)c2ccc(O)cc2)CCO1. The molecule has 1 aliphatic rings. The third-order valence-corrected chi connectivity index (χ3v) is 3.00. The Kier molecular flexibility index (Phi) is 3.64. The number of carbonyl (C=O) groups excluding carboxylic acids is 1. The quantitative estimate of drug-likeness (QED) is 0.847. The van der Waals surface area contributed by atoms with Crippen molar-refractivity contribution in [1.82, 2.24) is 4.90 Å². The van der Waals surface area contributed by atoms with Crippen LogP contribution < -0.4 is 0 Å². The third-order valence-electron chi connectivity index (χ3n) is 3.00. The van der Waals surface area contributed by atoms with Crippen LogP contribution in [0, 0.1) is 0 Å². The minimum Gasteiger partial charge on any atom is -0.508 e. The first-order chi connectivity index (χ1) is 8.20.